The molecule has 0 radical (unpaired) electrons. The van der Waals surface area contributed by atoms with Gasteiger partial charge in [0, 0.05) is 29.4 Å². The van der Waals surface area contributed by atoms with Gasteiger partial charge in [-0.05, 0) is 23.6 Å². The fourth-order valence-corrected chi connectivity index (χ4v) is 3.53. The second-order valence-corrected chi connectivity index (χ2v) is 6.61. The maximum atomic E-state index is 11.8. The molecule has 22 heavy (non-hydrogen) atoms. The lowest BCUT2D eigenvalue weighted by Crippen LogP contribution is -2.27. The van der Waals surface area contributed by atoms with Gasteiger partial charge in [0.2, 0.25) is 5.91 Å². The molecule has 0 fully saturated rings. The predicted molar refractivity (Wildman–Crippen MR) is 90.1 cm³/mol. The molecule has 0 aliphatic heterocycles. The summed E-state index contributed by atoms with van der Waals surface area (Å²) in [4.78, 5) is 21.7. The molecule has 3 aromatic heterocycles. The highest BCUT2D eigenvalue weighted by Crippen LogP contribution is 2.21. The van der Waals surface area contributed by atoms with Crippen LogP contribution in [0.4, 0.5) is 0 Å². The molecule has 112 valence electrons. The van der Waals surface area contributed by atoms with E-state index in [9.17, 15) is 4.79 Å². The Hall–Kier alpha value is -2.05. The number of nitrogens with zero attached hydrogens (tertiary/aromatic N) is 2. The van der Waals surface area contributed by atoms with Gasteiger partial charge in [-0.2, -0.15) is 0 Å². The van der Waals surface area contributed by atoms with E-state index in [1.807, 2.05) is 41.1 Å². The third-order valence-corrected chi connectivity index (χ3v) is 4.84. The Morgan fingerprint density at radius 1 is 1.18 bits per heavy atom. The van der Waals surface area contributed by atoms with Crippen molar-refractivity contribution in [3.63, 3.8) is 0 Å². The van der Waals surface area contributed by atoms with Gasteiger partial charge in [-0.3, -0.25) is 9.78 Å². The van der Waals surface area contributed by atoms with Gasteiger partial charge in [0.15, 0.2) is 0 Å². The highest BCUT2D eigenvalue weighted by Gasteiger charge is 2.07. The molecule has 0 aliphatic rings. The van der Waals surface area contributed by atoms with Crippen LogP contribution in [0.5, 0.6) is 0 Å². The molecule has 0 unspecified atom stereocenters. The summed E-state index contributed by atoms with van der Waals surface area (Å²) < 4.78 is 0. The number of amides is 1. The topological polar surface area (TPSA) is 54.9 Å². The highest BCUT2D eigenvalue weighted by atomic mass is 32.1. The number of hydrogen-bond acceptors (Lipinski definition) is 5. The van der Waals surface area contributed by atoms with E-state index in [-0.39, 0.29) is 5.91 Å². The van der Waals surface area contributed by atoms with Crippen LogP contribution >= 0.6 is 22.7 Å². The Morgan fingerprint density at radius 3 is 2.91 bits per heavy atom. The molecule has 4 nitrogen and oxygen atoms in total. The second kappa shape index (κ2) is 7.29. The number of carbonyl (C=O) groups excluding carboxylic acids is 1. The van der Waals surface area contributed by atoms with E-state index in [1.165, 1.54) is 0 Å². The minimum absolute atomic E-state index is 0.0580. The summed E-state index contributed by atoms with van der Waals surface area (Å²) >= 11 is 3.18. The Morgan fingerprint density at radius 2 is 2.14 bits per heavy atom. The number of thiophene rings is 1. The van der Waals surface area contributed by atoms with Crippen molar-refractivity contribution in [3.8, 4) is 10.7 Å². The van der Waals surface area contributed by atoms with Gasteiger partial charge in [-0.15, -0.1) is 22.7 Å². The Kier molecular flexibility index (Phi) is 4.92. The molecule has 0 aromatic carbocycles. The average Bonchev–Trinajstić information content (AvgIpc) is 3.20. The lowest BCUT2D eigenvalue weighted by molar-refractivity contribution is -0.120. The van der Waals surface area contributed by atoms with Gasteiger partial charge < -0.3 is 5.32 Å². The first-order valence-corrected chi connectivity index (χ1v) is 8.72. The van der Waals surface area contributed by atoms with Crippen molar-refractivity contribution in [3.05, 3.63) is 57.9 Å². The number of nitrogens with one attached hydrogen (secondary N) is 1. The van der Waals surface area contributed by atoms with Crippen LogP contribution in [0.3, 0.4) is 0 Å². The molecule has 0 aliphatic carbocycles. The van der Waals surface area contributed by atoms with E-state index in [0.717, 1.165) is 27.7 Å². The fourth-order valence-electron chi connectivity index (χ4n) is 1.99. The normalized spacial score (nSPS) is 10.5. The van der Waals surface area contributed by atoms with Crippen molar-refractivity contribution >= 4 is 28.6 Å². The SMILES string of the molecule is O=C(Cc1cccs1)NCCc1csc(-c2ccccn2)n1. The lowest BCUT2D eigenvalue weighted by atomic mass is 10.3. The molecule has 3 rings (SSSR count). The summed E-state index contributed by atoms with van der Waals surface area (Å²) in [5.74, 6) is 0.0580. The van der Waals surface area contributed by atoms with E-state index >= 15 is 0 Å². The van der Waals surface area contributed by atoms with Crippen LogP contribution in [-0.4, -0.2) is 22.4 Å². The van der Waals surface area contributed by atoms with Crippen molar-refractivity contribution in [2.24, 2.45) is 0 Å². The van der Waals surface area contributed by atoms with Gasteiger partial charge >= 0.3 is 0 Å². The summed E-state index contributed by atoms with van der Waals surface area (Å²) in [7, 11) is 0. The third-order valence-electron chi connectivity index (χ3n) is 3.05. The van der Waals surface area contributed by atoms with Crippen LogP contribution in [0, 0.1) is 0 Å². The summed E-state index contributed by atoms with van der Waals surface area (Å²) in [6, 6.07) is 9.73. The molecular formula is C16H15N3OS2. The molecule has 0 saturated carbocycles. The standard InChI is InChI=1S/C16H15N3OS2/c20-15(10-13-4-3-9-21-13)18-8-6-12-11-22-16(19-12)14-5-1-2-7-17-14/h1-5,7,9,11H,6,8,10H2,(H,18,20). The zero-order valence-electron chi connectivity index (χ0n) is 11.9. The number of pyridine rings is 1. The molecule has 1 amide bonds. The first kappa shape index (κ1) is 14.9. The van der Waals surface area contributed by atoms with Crippen molar-refractivity contribution in [2.75, 3.05) is 6.54 Å². The smallest absolute Gasteiger partial charge is 0.225 e. The predicted octanol–water partition coefficient (Wildman–Crippen LogP) is 3.17. The van der Waals surface area contributed by atoms with Gasteiger partial charge in [0.25, 0.3) is 0 Å². The molecule has 1 N–H and O–H groups in total. The van der Waals surface area contributed by atoms with Crippen molar-refractivity contribution < 1.29 is 4.79 Å². The molecule has 6 heteroatoms. The van der Waals surface area contributed by atoms with Crippen molar-refractivity contribution in [1.29, 1.82) is 0 Å². The minimum Gasteiger partial charge on any atom is -0.355 e. The van der Waals surface area contributed by atoms with Crippen LogP contribution in [0.15, 0.2) is 47.3 Å². The minimum atomic E-state index is 0.0580. The summed E-state index contributed by atoms with van der Waals surface area (Å²) in [5.41, 5.74) is 1.88. The van der Waals surface area contributed by atoms with Crippen LogP contribution in [0.2, 0.25) is 0 Å². The van der Waals surface area contributed by atoms with Crippen molar-refractivity contribution in [2.45, 2.75) is 12.8 Å². The van der Waals surface area contributed by atoms with Crippen LogP contribution in [0.25, 0.3) is 10.7 Å². The highest BCUT2D eigenvalue weighted by molar-refractivity contribution is 7.13. The largest absolute Gasteiger partial charge is 0.355 e. The molecule has 3 heterocycles. The number of hydrogen-bond donors (Lipinski definition) is 1. The van der Waals surface area contributed by atoms with Gasteiger partial charge in [-0.1, -0.05) is 12.1 Å². The van der Waals surface area contributed by atoms with Gasteiger partial charge in [-0.25, -0.2) is 4.98 Å². The zero-order valence-corrected chi connectivity index (χ0v) is 13.5. The summed E-state index contributed by atoms with van der Waals surface area (Å²) in [5, 5.41) is 7.86. The van der Waals surface area contributed by atoms with Crippen LogP contribution < -0.4 is 5.32 Å². The number of rotatable bonds is 6. The Balaban J connectivity index is 1.48. The number of aromatic nitrogens is 2. The molecule has 0 bridgehead atoms. The quantitative estimate of drug-likeness (QED) is 0.756. The monoisotopic (exact) mass is 329 g/mol. The maximum Gasteiger partial charge on any atom is 0.225 e. The molecule has 0 saturated heterocycles. The molecule has 0 atom stereocenters. The number of carbonyl (C=O) groups is 1. The zero-order chi connectivity index (χ0) is 15.2. The molecule has 3 aromatic rings. The number of thiazole rings is 1. The van der Waals surface area contributed by atoms with Crippen molar-refractivity contribution in [1.82, 2.24) is 15.3 Å². The maximum absolute atomic E-state index is 11.8. The van der Waals surface area contributed by atoms with Gasteiger partial charge in [0.1, 0.15) is 5.01 Å². The second-order valence-electron chi connectivity index (χ2n) is 4.72. The van der Waals surface area contributed by atoms with E-state index in [2.05, 4.69) is 15.3 Å². The van der Waals surface area contributed by atoms with Crippen LogP contribution in [0.1, 0.15) is 10.6 Å². The molecular weight excluding hydrogens is 314 g/mol. The first-order chi connectivity index (χ1) is 10.8. The fraction of sp³-hybridized carbons (Fsp3) is 0.188. The first-order valence-electron chi connectivity index (χ1n) is 6.96. The van der Waals surface area contributed by atoms with E-state index in [0.29, 0.717) is 13.0 Å². The summed E-state index contributed by atoms with van der Waals surface area (Å²) in [6.07, 6.45) is 2.95. The van der Waals surface area contributed by atoms with E-state index < -0.39 is 0 Å². The Bertz CT molecular complexity index is 723. The van der Waals surface area contributed by atoms with E-state index in [1.54, 1.807) is 28.9 Å². The average molecular weight is 329 g/mol. The third kappa shape index (κ3) is 3.99. The Labute approximate surface area is 136 Å². The lowest BCUT2D eigenvalue weighted by Gasteiger charge is -2.02. The van der Waals surface area contributed by atoms with Crippen LogP contribution in [-0.2, 0) is 17.6 Å². The summed E-state index contributed by atoms with van der Waals surface area (Å²) in [6.45, 7) is 0.607. The van der Waals surface area contributed by atoms with E-state index in [4.69, 9.17) is 0 Å². The van der Waals surface area contributed by atoms with Gasteiger partial charge in [0.05, 0.1) is 17.8 Å². The molecule has 0 spiro atoms.